The molecular formula is C30H32F4N6O4S. The number of sulfone groups is 1. The number of hydrogen-bond acceptors (Lipinski definition) is 9. The van der Waals surface area contributed by atoms with E-state index in [2.05, 4.69) is 20.6 Å². The van der Waals surface area contributed by atoms with Crippen LogP contribution >= 0.6 is 0 Å². The lowest BCUT2D eigenvalue weighted by atomic mass is 10.0. The Morgan fingerprint density at radius 1 is 1.13 bits per heavy atom. The molecule has 0 aliphatic carbocycles. The highest BCUT2D eigenvalue weighted by Crippen LogP contribution is 2.31. The standard InChI is InChI=1S/C30H32F4N6O4S/c1-18-4-6-22(26(12-18)45(42,43)11-10-44-3)23-13-20-16-36-29(38-27(20)40(28(23)41)17-30(32,33)34)37-21-5-7-25(24(31)14-21)39-9-8-35-15-19(39)2/h4-7,12-14,16,19,35H,8-11,15,17H2,1-3H3,(H,36,37,38). The van der Waals surface area contributed by atoms with E-state index in [1.165, 1.54) is 37.6 Å². The molecule has 1 aliphatic rings. The summed E-state index contributed by atoms with van der Waals surface area (Å²) in [7, 11) is -2.63. The van der Waals surface area contributed by atoms with Gasteiger partial charge in [-0.15, -0.1) is 0 Å². The van der Waals surface area contributed by atoms with Crippen molar-refractivity contribution in [2.45, 2.75) is 37.5 Å². The number of halogens is 4. The predicted molar refractivity (Wildman–Crippen MR) is 163 cm³/mol. The first kappa shape index (κ1) is 32.3. The molecule has 45 heavy (non-hydrogen) atoms. The topological polar surface area (TPSA) is 118 Å². The number of piperazine rings is 1. The quantitative estimate of drug-likeness (QED) is 0.254. The molecule has 10 nitrogen and oxygen atoms in total. The third-order valence-corrected chi connectivity index (χ3v) is 9.21. The van der Waals surface area contributed by atoms with E-state index in [9.17, 15) is 26.4 Å². The molecule has 4 aromatic rings. The van der Waals surface area contributed by atoms with Crippen molar-refractivity contribution in [2.75, 3.05) is 49.3 Å². The van der Waals surface area contributed by atoms with Crippen LogP contribution in [0.15, 0.2) is 58.4 Å². The van der Waals surface area contributed by atoms with Crippen molar-refractivity contribution >= 4 is 38.2 Å². The number of rotatable bonds is 9. The largest absolute Gasteiger partial charge is 0.406 e. The number of nitrogens with one attached hydrogen (secondary N) is 2. The van der Waals surface area contributed by atoms with Gasteiger partial charge in [-0.05, 0) is 49.7 Å². The Morgan fingerprint density at radius 2 is 1.91 bits per heavy atom. The lowest BCUT2D eigenvalue weighted by Gasteiger charge is -2.36. The van der Waals surface area contributed by atoms with Crippen LogP contribution in [0.5, 0.6) is 0 Å². The fourth-order valence-corrected chi connectivity index (χ4v) is 6.78. The molecule has 0 amide bonds. The van der Waals surface area contributed by atoms with Gasteiger partial charge in [0.1, 0.15) is 18.0 Å². The zero-order chi connectivity index (χ0) is 32.5. The molecule has 1 unspecified atom stereocenters. The van der Waals surface area contributed by atoms with E-state index in [1.807, 2.05) is 11.8 Å². The van der Waals surface area contributed by atoms with Gasteiger partial charge in [-0.25, -0.2) is 17.8 Å². The van der Waals surface area contributed by atoms with E-state index in [0.717, 1.165) is 0 Å². The third kappa shape index (κ3) is 7.10. The van der Waals surface area contributed by atoms with Crippen molar-refractivity contribution in [1.82, 2.24) is 19.9 Å². The Labute approximate surface area is 257 Å². The zero-order valence-electron chi connectivity index (χ0n) is 24.8. The lowest BCUT2D eigenvalue weighted by molar-refractivity contribution is -0.140. The van der Waals surface area contributed by atoms with Crippen LogP contribution in [0.3, 0.4) is 0 Å². The SMILES string of the molecule is COCCS(=O)(=O)c1cc(C)ccc1-c1cc2cnc(Nc3ccc(N4CCNCC4C)c(F)c3)nc2n(CC(F)(F)F)c1=O. The molecule has 1 aliphatic heterocycles. The Kier molecular flexibility index (Phi) is 9.14. The van der Waals surface area contributed by atoms with E-state index < -0.39 is 39.7 Å². The van der Waals surface area contributed by atoms with Gasteiger partial charge >= 0.3 is 6.18 Å². The van der Waals surface area contributed by atoms with Crippen molar-refractivity contribution in [3.05, 3.63) is 70.4 Å². The minimum Gasteiger partial charge on any atom is -0.384 e. The first-order chi connectivity index (χ1) is 21.3. The minimum atomic E-state index is -4.81. The van der Waals surface area contributed by atoms with Crippen molar-refractivity contribution in [3.8, 4) is 11.1 Å². The van der Waals surface area contributed by atoms with Gasteiger partial charge in [0, 0.05) is 61.2 Å². The fraction of sp³-hybridized carbons (Fsp3) is 0.367. The molecule has 240 valence electrons. The Morgan fingerprint density at radius 3 is 2.60 bits per heavy atom. The van der Waals surface area contributed by atoms with Crippen LogP contribution in [-0.2, 0) is 21.1 Å². The first-order valence-corrected chi connectivity index (χ1v) is 15.8. The maximum atomic E-state index is 15.1. The highest BCUT2D eigenvalue weighted by atomic mass is 32.2. The molecular weight excluding hydrogens is 616 g/mol. The van der Waals surface area contributed by atoms with Gasteiger partial charge in [0.25, 0.3) is 5.56 Å². The summed E-state index contributed by atoms with van der Waals surface area (Å²) < 4.78 is 88.1. The minimum absolute atomic E-state index is 0.0453. The van der Waals surface area contributed by atoms with Gasteiger partial charge in [0.2, 0.25) is 5.95 Å². The number of hydrogen-bond donors (Lipinski definition) is 2. The number of ether oxygens (including phenoxy) is 1. The molecule has 15 heteroatoms. The number of aromatic nitrogens is 3. The number of nitrogens with zero attached hydrogens (tertiary/aromatic N) is 4. The van der Waals surface area contributed by atoms with Crippen LogP contribution < -0.4 is 21.1 Å². The Balaban J connectivity index is 1.58. The number of benzene rings is 2. The summed E-state index contributed by atoms with van der Waals surface area (Å²) in [5.41, 5.74) is -0.469. The Hall–Kier alpha value is -4.08. The normalized spacial score (nSPS) is 15.9. The molecule has 0 saturated carbocycles. The van der Waals surface area contributed by atoms with Crippen molar-refractivity contribution in [3.63, 3.8) is 0 Å². The Bertz CT molecular complexity index is 1900. The van der Waals surface area contributed by atoms with E-state index in [-0.39, 0.29) is 51.3 Å². The summed E-state index contributed by atoms with van der Waals surface area (Å²) in [6.45, 7) is 3.89. The van der Waals surface area contributed by atoms with Gasteiger partial charge in [-0.2, -0.15) is 18.2 Å². The number of fused-ring (bicyclic) bond motifs is 1. The summed E-state index contributed by atoms with van der Waals surface area (Å²) in [6, 6.07) is 10.1. The summed E-state index contributed by atoms with van der Waals surface area (Å²) in [4.78, 5) is 23.8. The van der Waals surface area contributed by atoms with Crippen LogP contribution in [0.25, 0.3) is 22.2 Å². The highest BCUT2D eigenvalue weighted by molar-refractivity contribution is 7.91. The van der Waals surface area contributed by atoms with Crippen LogP contribution in [0.4, 0.5) is 34.9 Å². The average Bonchev–Trinajstić information content (AvgIpc) is 2.98. The fourth-order valence-electron chi connectivity index (χ4n) is 5.30. The van der Waals surface area contributed by atoms with Gasteiger partial charge in [-0.3, -0.25) is 9.36 Å². The van der Waals surface area contributed by atoms with E-state index in [0.29, 0.717) is 35.5 Å². The summed E-state index contributed by atoms with van der Waals surface area (Å²) in [5, 5.41) is 6.12. The van der Waals surface area contributed by atoms with Crippen molar-refractivity contribution < 1.29 is 30.7 Å². The smallest absolute Gasteiger partial charge is 0.384 e. The second kappa shape index (κ2) is 12.7. The molecule has 3 heterocycles. The van der Waals surface area contributed by atoms with Gasteiger partial charge in [-0.1, -0.05) is 12.1 Å². The number of pyridine rings is 1. The van der Waals surface area contributed by atoms with E-state index in [1.54, 1.807) is 25.1 Å². The maximum absolute atomic E-state index is 15.1. The van der Waals surface area contributed by atoms with Gasteiger partial charge in [0.15, 0.2) is 9.84 Å². The molecule has 2 aromatic carbocycles. The van der Waals surface area contributed by atoms with Crippen molar-refractivity contribution in [2.24, 2.45) is 0 Å². The molecule has 1 saturated heterocycles. The number of alkyl halides is 3. The maximum Gasteiger partial charge on any atom is 0.406 e. The van der Waals surface area contributed by atoms with Crippen LogP contribution in [0.2, 0.25) is 0 Å². The first-order valence-electron chi connectivity index (χ1n) is 14.1. The molecule has 0 radical (unpaired) electrons. The van der Waals surface area contributed by atoms with Crippen LogP contribution in [0, 0.1) is 12.7 Å². The highest BCUT2D eigenvalue weighted by Gasteiger charge is 2.31. The molecule has 0 spiro atoms. The third-order valence-electron chi connectivity index (χ3n) is 7.50. The molecule has 1 fully saturated rings. The average molecular weight is 649 g/mol. The summed E-state index contributed by atoms with van der Waals surface area (Å²) in [5.74, 6) is -1.05. The number of anilines is 3. The van der Waals surface area contributed by atoms with Gasteiger partial charge < -0.3 is 20.3 Å². The van der Waals surface area contributed by atoms with E-state index >= 15 is 4.39 Å². The summed E-state index contributed by atoms with van der Waals surface area (Å²) >= 11 is 0. The number of aryl methyl sites for hydroxylation is 1. The molecule has 0 bridgehead atoms. The second-order valence-electron chi connectivity index (χ2n) is 10.9. The van der Waals surface area contributed by atoms with Crippen molar-refractivity contribution in [1.29, 1.82) is 0 Å². The molecule has 2 N–H and O–H groups in total. The van der Waals surface area contributed by atoms with Gasteiger partial charge in [0.05, 0.1) is 22.9 Å². The zero-order valence-corrected chi connectivity index (χ0v) is 25.6. The molecule has 2 aromatic heterocycles. The predicted octanol–water partition coefficient (Wildman–Crippen LogP) is 4.43. The monoisotopic (exact) mass is 648 g/mol. The number of methoxy groups -OCH3 is 1. The van der Waals surface area contributed by atoms with Crippen LogP contribution in [-0.4, -0.2) is 74.3 Å². The van der Waals surface area contributed by atoms with E-state index in [4.69, 9.17) is 4.74 Å². The summed E-state index contributed by atoms with van der Waals surface area (Å²) in [6.07, 6.45) is -3.59. The molecule has 1 atom stereocenters. The second-order valence-corrected chi connectivity index (χ2v) is 13.0. The van der Waals surface area contributed by atoms with Crippen LogP contribution in [0.1, 0.15) is 12.5 Å². The lowest BCUT2D eigenvalue weighted by Crippen LogP contribution is -2.50. The molecule has 5 rings (SSSR count).